The van der Waals surface area contributed by atoms with E-state index in [2.05, 4.69) is 25.8 Å². The van der Waals surface area contributed by atoms with E-state index in [4.69, 9.17) is 4.42 Å². The van der Waals surface area contributed by atoms with Gasteiger partial charge in [-0.25, -0.2) is 4.98 Å². The fraction of sp³-hybridized carbons (Fsp3) is 0.250. The van der Waals surface area contributed by atoms with Crippen LogP contribution in [0.15, 0.2) is 77.0 Å². The van der Waals surface area contributed by atoms with E-state index in [-0.39, 0.29) is 23.3 Å². The number of aliphatic hydroxyl groups excluding tert-OH is 1. The van der Waals surface area contributed by atoms with Crippen molar-refractivity contribution in [3.05, 3.63) is 101 Å². The number of amides is 1. The molecule has 1 fully saturated rings. The molecule has 0 spiro atoms. The summed E-state index contributed by atoms with van der Waals surface area (Å²) in [4.78, 5) is 32.6. The van der Waals surface area contributed by atoms with E-state index in [1.165, 1.54) is 11.2 Å². The van der Waals surface area contributed by atoms with Crippen LogP contribution in [0.5, 0.6) is 0 Å². The lowest BCUT2D eigenvalue weighted by atomic mass is 9.85. The van der Waals surface area contributed by atoms with Crippen LogP contribution in [-0.2, 0) is 21.5 Å². The number of benzene rings is 1. The molecule has 1 aromatic carbocycles. The molecule has 0 aliphatic carbocycles. The van der Waals surface area contributed by atoms with Gasteiger partial charge in [0.05, 0.1) is 30.1 Å². The Morgan fingerprint density at radius 1 is 1.06 bits per heavy atom. The summed E-state index contributed by atoms with van der Waals surface area (Å²) in [6, 6.07) is 16.1. The maximum Gasteiger partial charge on any atom is 0.296 e. The van der Waals surface area contributed by atoms with Crippen LogP contribution in [0.3, 0.4) is 0 Å². The van der Waals surface area contributed by atoms with E-state index >= 15 is 0 Å². The minimum absolute atomic E-state index is 0.0406. The number of likely N-dealkylation sites (tertiary alicyclic amines) is 1. The zero-order valence-electron chi connectivity index (χ0n) is 20.1. The Bertz CT molecular complexity index is 1450. The highest BCUT2D eigenvalue weighted by Crippen LogP contribution is 2.41. The molecule has 1 aliphatic heterocycles. The summed E-state index contributed by atoms with van der Waals surface area (Å²) < 4.78 is 7.20. The fourth-order valence-corrected chi connectivity index (χ4v) is 4.65. The van der Waals surface area contributed by atoms with E-state index < -0.39 is 17.7 Å². The molecule has 1 unspecified atom stereocenters. The number of hydrogen-bond donors (Lipinski definition) is 1. The van der Waals surface area contributed by atoms with Crippen LogP contribution < -0.4 is 0 Å². The highest BCUT2D eigenvalue weighted by Gasteiger charge is 2.47. The molecule has 4 aromatic rings. The largest absolute Gasteiger partial charge is 0.505 e. The molecule has 0 saturated carbocycles. The van der Waals surface area contributed by atoms with Crippen LogP contribution >= 0.6 is 0 Å². The van der Waals surface area contributed by atoms with E-state index in [0.29, 0.717) is 22.8 Å². The van der Waals surface area contributed by atoms with Gasteiger partial charge in [0.15, 0.2) is 5.76 Å². The first kappa shape index (κ1) is 22.7. The minimum Gasteiger partial charge on any atom is -0.505 e. The summed E-state index contributed by atoms with van der Waals surface area (Å²) in [7, 11) is 0. The van der Waals surface area contributed by atoms with Gasteiger partial charge in [0.25, 0.3) is 11.7 Å². The molecule has 4 heterocycles. The second kappa shape index (κ2) is 8.27. The van der Waals surface area contributed by atoms with Gasteiger partial charge >= 0.3 is 0 Å². The summed E-state index contributed by atoms with van der Waals surface area (Å²) in [5, 5.41) is 11.5. The second-order valence-corrected chi connectivity index (χ2v) is 9.85. The Hall–Kier alpha value is -4.13. The first-order valence-electron chi connectivity index (χ1n) is 11.5. The van der Waals surface area contributed by atoms with Crippen molar-refractivity contribution in [2.75, 3.05) is 0 Å². The van der Waals surface area contributed by atoms with E-state index in [0.717, 1.165) is 11.1 Å². The Labute approximate surface area is 203 Å². The number of ketones is 1. The number of furan rings is 1. The molecule has 0 radical (unpaired) electrons. The summed E-state index contributed by atoms with van der Waals surface area (Å²) in [6.07, 6.45) is 3.30. The van der Waals surface area contributed by atoms with Gasteiger partial charge in [-0.05, 0) is 47.7 Å². The number of carbonyl (C=O) groups is 2. The van der Waals surface area contributed by atoms with Crippen LogP contribution in [0.2, 0.25) is 0 Å². The number of carbonyl (C=O) groups excluding carboxylic acids is 2. The number of Topliss-reactive ketones (excluding diaryl/α,β-unsaturated/α-hetero) is 1. The Morgan fingerprint density at radius 2 is 1.80 bits per heavy atom. The molecule has 1 amide bonds. The lowest BCUT2D eigenvalue weighted by Gasteiger charge is -2.26. The average molecular weight is 470 g/mol. The predicted molar refractivity (Wildman–Crippen MR) is 132 cm³/mol. The molecule has 7 heteroatoms. The fourth-order valence-electron chi connectivity index (χ4n) is 4.65. The van der Waals surface area contributed by atoms with Crippen LogP contribution in [0.4, 0.5) is 0 Å². The molecular weight excluding hydrogens is 442 g/mol. The molecule has 1 atom stereocenters. The number of hydrogen-bond acceptors (Lipinski definition) is 5. The number of aliphatic hydroxyl groups is 1. The SMILES string of the molecule is Cc1nc2ccccn2c1/C(O)=C1\C(=O)C(=O)N(Cc2ccco2)C1c1ccc(C(C)(C)C)cc1. The monoisotopic (exact) mass is 469 g/mol. The van der Waals surface area contributed by atoms with Gasteiger partial charge in [-0.3, -0.25) is 14.0 Å². The topological polar surface area (TPSA) is 88.0 Å². The van der Waals surface area contributed by atoms with Crippen molar-refractivity contribution < 1.29 is 19.1 Å². The van der Waals surface area contributed by atoms with Crippen LogP contribution in [0.1, 0.15) is 55.1 Å². The normalized spacial score (nSPS) is 18.1. The lowest BCUT2D eigenvalue weighted by molar-refractivity contribution is -0.140. The number of nitrogens with zero attached hydrogens (tertiary/aromatic N) is 3. The highest BCUT2D eigenvalue weighted by atomic mass is 16.3. The van der Waals surface area contributed by atoms with Crippen molar-refractivity contribution in [1.29, 1.82) is 0 Å². The van der Waals surface area contributed by atoms with Crippen LogP contribution in [0.25, 0.3) is 11.4 Å². The van der Waals surface area contributed by atoms with Crippen molar-refractivity contribution in [2.24, 2.45) is 0 Å². The van der Waals surface area contributed by atoms with Gasteiger partial charge in [-0.2, -0.15) is 0 Å². The quantitative estimate of drug-likeness (QED) is 0.254. The average Bonchev–Trinajstić information content (AvgIpc) is 3.51. The van der Waals surface area contributed by atoms with Gasteiger partial charge in [0.1, 0.15) is 17.1 Å². The number of rotatable bonds is 4. The highest BCUT2D eigenvalue weighted by molar-refractivity contribution is 6.46. The van der Waals surface area contributed by atoms with E-state index in [9.17, 15) is 14.7 Å². The minimum atomic E-state index is -0.775. The van der Waals surface area contributed by atoms with Gasteiger partial charge in [0, 0.05) is 6.20 Å². The van der Waals surface area contributed by atoms with Gasteiger partial charge in [-0.15, -0.1) is 0 Å². The zero-order valence-corrected chi connectivity index (χ0v) is 20.1. The third kappa shape index (κ3) is 3.83. The summed E-state index contributed by atoms with van der Waals surface area (Å²) in [5.41, 5.74) is 3.45. The smallest absolute Gasteiger partial charge is 0.296 e. The molecule has 7 nitrogen and oxygen atoms in total. The number of aromatic nitrogens is 2. The van der Waals surface area contributed by atoms with Crippen molar-refractivity contribution >= 4 is 23.1 Å². The maximum absolute atomic E-state index is 13.4. The van der Waals surface area contributed by atoms with E-state index in [1.54, 1.807) is 29.7 Å². The zero-order chi connectivity index (χ0) is 24.9. The van der Waals surface area contributed by atoms with E-state index in [1.807, 2.05) is 42.5 Å². The molecule has 35 heavy (non-hydrogen) atoms. The molecule has 1 aliphatic rings. The first-order valence-corrected chi connectivity index (χ1v) is 11.5. The Morgan fingerprint density at radius 3 is 2.46 bits per heavy atom. The summed E-state index contributed by atoms with van der Waals surface area (Å²) >= 11 is 0. The number of aryl methyl sites for hydroxylation is 1. The van der Waals surface area contributed by atoms with Crippen molar-refractivity contribution in [2.45, 2.75) is 45.7 Å². The van der Waals surface area contributed by atoms with Gasteiger partial charge in [-0.1, -0.05) is 51.1 Å². The number of fused-ring (bicyclic) bond motifs is 1. The molecule has 3 aromatic heterocycles. The maximum atomic E-state index is 13.4. The van der Waals surface area contributed by atoms with Crippen LogP contribution in [-0.4, -0.2) is 31.1 Å². The van der Waals surface area contributed by atoms with Gasteiger partial charge in [0.2, 0.25) is 0 Å². The van der Waals surface area contributed by atoms with Crippen LogP contribution in [0, 0.1) is 6.92 Å². The molecule has 178 valence electrons. The van der Waals surface area contributed by atoms with Crippen molar-refractivity contribution in [3.63, 3.8) is 0 Å². The first-order chi connectivity index (χ1) is 16.7. The number of pyridine rings is 1. The van der Waals surface area contributed by atoms with Crippen molar-refractivity contribution in [3.8, 4) is 0 Å². The molecule has 0 bridgehead atoms. The number of imidazole rings is 1. The lowest BCUT2D eigenvalue weighted by Crippen LogP contribution is -2.29. The summed E-state index contributed by atoms with van der Waals surface area (Å²) in [5.74, 6) is -1.11. The Kier molecular flexibility index (Phi) is 5.35. The third-order valence-corrected chi connectivity index (χ3v) is 6.47. The summed E-state index contributed by atoms with van der Waals surface area (Å²) in [6.45, 7) is 8.25. The third-order valence-electron chi connectivity index (χ3n) is 6.47. The molecule has 1 N–H and O–H groups in total. The Balaban J connectivity index is 1.70. The van der Waals surface area contributed by atoms with Gasteiger partial charge < -0.3 is 14.4 Å². The standard InChI is InChI=1S/C28H27N3O4/c1-17-23(30-14-6-5-9-21(30)29-17)25(32)22-24(18-10-12-19(13-11-18)28(2,3)4)31(27(34)26(22)33)16-20-8-7-15-35-20/h5-15,24,32H,16H2,1-4H3/b25-22+. The molecular formula is C28H27N3O4. The molecule has 1 saturated heterocycles. The van der Waals surface area contributed by atoms with Crippen molar-refractivity contribution in [1.82, 2.24) is 14.3 Å². The molecule has 5 rings (SSSR count). The predicted octanol–water partition coefficient (Wildman–Crippen LogP) is 5.16. The second-order valence-electron chi connectivity index (χ2n) is 9.85.